The van der Waals surface area contributed by atoms with Gasteiger partial charge in [0.15, 0.2) is 0 Å². The van der Waals surface area contributed by atoms with Gasteiger partial charge >= 0.3 is 0 Å². The lowest BCUT2D eigenvalue weighted by Gasteiger charge is -2.10. The van der Waals surface area contributed by atoms with Crippen molar-refractivity contribution in [1.29, 1.82) is 0 Å². The first-order valence-corrected chi connectivity index (χ1v) is 7.28. The summed E-state index contributed by atoms with van der Waals surface area (Å²) in [5.41, 5.74) is 2.08. The normalized spacial score (nSPS) is 12.6. The average Bonchev–Trinajstić information content (AvgIpc) is 2.88. The molecule has 1 unspecified atom stereocenters. The van der Waals surface area contributed by atoms with Crippen LogP contribution in [0.3, 0.4) is 0 Å². The van der Waals surface area contributed by atoms with E-state index >= 15 is 0 Å². The van der Waals surface area contributed by atoms with Crippen LogP contribution in [0, 0.1) is 6.92 Å². The zero-order valence-electron chi connectivity index (χ0n) is 11.4. The molecule has 0 saturated carbocycles. The molecule has 102 valence electrons. The summed E-state index contributed by atoms with van der Waals surface area (Å²) in [6.07, 6.45) is 0.924. The molecule has 1 aromatic carbocycles. The molecule has 0 saturated heterocycles. The number of aromatic nitrogens is 2. The van der Waals surface area contributed by atoms with Gasteiger partial charge in [0, 0.05) is 10.0 Å². The number of benzene rings is 1. The van der Waals surface area contributed by atoms with Crippen LogP contribution in [0.1, 0.15) is 37.8 Å². The molecule has 0 bridgehead atoms. The van der Waals surface area contributed by atoms with Gasteiger partial charge in [-0.1, -0.05) is 35.8 Å². The fourth-order valence-electron chi connectivity index (χ4n) is 1.98. The third kappa shape index (κ3) is 3.04. The van der Waals surface area contributed by atoms with Crippen LogP contribution in [-0.2, 0) is 0 Å². The van der Waals surface area contributed by atoms with Crippen LogP contribution in [-0.4, -0.2) is 16.7 Å². The van der Waals surface area contributed by atoms with Crippen LogP contribution >= 0.6 is 15.9 Å². The summed E-state index contributed by atoms with van der Waals surface area (Å²) >= 11 is 3.52. The van der Waals surface area contributed by atoms with E-state index in [1.54, 1.807) is 0 Å². The van der Waals surface area contributed by atoms with Gasteiger partial charge in [0.1, 0.15) is 0 Å². The van der Waals surface area contributed by atoms with E-state index in [4.69, 9.17) is 4.42 Å². The Morgan fingerprint density at radius 3 is 2.79 bits per heavy atom. The summed E-state index contributed by atoms with van der Waals surface area (Å²) in [4.78, 5) is 0. The minimum atomic E-state index is 0.124. The van der Waals surface area contributed by atoms with Crippen LogP contribution in [0.25, 0.3) is 11.5 Å². The Balaban J connectivity index is 2.32. The predicted molar refractivity (Wildman–Crippen MR) is 78.9 cm³/mol. The highest BCUT2D eigenvalue weighted by Crippen LogP contribution is 2.28. The van der Waals surface area contributed by atoms with Gasteiger partial charge in [0.25, 0.3) is 0 Å². The van der Waals surface area contributed by atoms with E-state index in [2.05, 4.69) is 45.3 Å². The second kappa shape index (κ2) is 6.30. The van der Waals surface area contributed by atoms with Gasteiger partial charge in [-0.2, -0.15) is 0 Å². The molecule has 1 aromatic heterocycles. The fourth-order valence-corrected chi connectivity index (χ4v) is 2.34. The van der Waals surface area contributed by atoms with Gasteiger partial charge in [-0.3, -0.25) is 0 Å². The number of halogens is 1. The van der Waals surface area contributed by atoms with E-state index < -0.39 is 0 Å². The molecule has 0 aliphatic heterocycles. The molecule has 2 rings (SSSR count). The van der Waals surface area contributed by atoms with Crippen molar-refractivity contribution < 1.29 is 4.42 Å². The zero-order valence-corrected chi connectivity index (χ0v) is 13.0. The molecule has 0 spiro atoms. The Hall–Kier alpha value is -1.20. The molecule has 1 heterocycles. The molecule has 5 heteroatoms. The van der Waals surface area contributed by atoms with Gasteiger partial charge in [0.05, 0.1) is 6.04 Å². The Labute approximate surface area is 121 Å². The van der Waals surface area contributed by atoms with Gasteiger partial charge in [-0.25, -0.2) is 0 Å². The summed E-state index contributed by atoms with van der Waals surface area (Å²) < 4.78 is 6.85. The molecule has 4 nitrogen and oxygen atoms in total. The van der Waals surface area contributed by atoms with Gasteiger partial charge in [-0.15, -0.1) is 10.2 Å². The molecule has 1 atom stereocenters. The standard InChI is InChI=1S/C14H18BrN3O/c1-4-12(16-5-2)14-18-17-13(19-14)10-7-6-8-11(15)9(10)3/h6-8,12,16H,4-5H2,1-3H3. The molecule has 0 amide bonds. The Morgan fingerprint density at radius 1 is 1.32 bits per heavy atom. The van der Waals surface area contributed by atoms with Gasteiger partial charge in [0.2, 0.25) is 11.8 Å². The third-order valence-corrected chi connectivity index (χ3v) is 3.95. The molecular weight excluding hydrogens is 306 g/mol. The summed E-state index contributed by atoms with van der Waals surface area (Å²) in [7, 11) is 0. The SMILES string of the molecule is CCNC(CC)c1nnc(-c2cccc(Br)c2C)o1. The lowest BCUT2D eigenvalue weighted by atomic mass is 10.1. The monoisotopic (exact) mass is 323 g/mol. The van der Waals surface area contributed by atoms with Crippen molar-refractivity contribution in [2.45, 2.75) is 33.2 Å². The summed E-state index contributed by atoms with van der Waals surface area (Å²) in [6.45, 7) is 7.08. The van der Waals surface area contributed by atoms with Crippen molar-refractivity contribution in [1.82, 2.24) is 15.5 Å². The number of hydrogen-bond donors (Lipinski definition) is 1. The minimum absolute atomic E-state index is 0.124. The first-order valence-electron chi connectivity index (χ1n) is 6.49. The van der Waals surface area contributed by atoms with E-state index in [0.29, 0.717) is 11.8 Å². The molecule has 1 N–H and O–H groups in total. The zero-order chi connectivity index (χ0) is 13.8. The Bertz CT molecular complexity index is 553. The van der Waals surface area contributed by atoms with Crippen molar-refractivity contribution in [3.8, 4) is 11.5 Å². The highest BCUT2D eigenvalue weighted by atomic mass is 79.9. The van der Waals surface area contributed by atoms with Crippen LogP contribution in [0.4, 0.5) is 0 Å². The fraction of sp³-hybridized carbons (Fsp3) is 0.429. The minimum Gasteiger partial charge on any atom is -0.419 e. The third-order valence-electron chi connectivity index (χ3n) is 3.10. The quantitative estimate of drug-likeness (QED) is 0.907. The van der Waals surface area contributed by atoms with E-state index in [1.165, 1.54) is 0 Å². The largest absolute Gasteiger partial charge is 0.419 e. The van der Waals surface area contributed by atoms with Crippen molar-refractivity contribution >= 4 is 15.9 Å². The van der Waals surface area contributed by atoms with E-state index in [1.807, 2.05) is 25.1 Å². The summed E-state index contributed by atoms with van der Waals surface area (Å²) in [5, 5.41) is 11.7. The first-order chi connectivity index (χ1) is 9.17. The van der Waals surface area contributed by atoms with E-state index in [9.17, 15) is 0 Å². The molecule has 2 aromatic rings. The molecule has 0 aliphatic rings. The number of hydrogen-bond acceptors (Lipinski definition) is 4. The van der Waals surface area contributed by atoms with Crippen molar-refractivity contribution in [3.63, 3.8) is 0 Å². The lowest BCUT2D eigenvalue weighted by molar-refractivity contribution is 0.402. The lowest BCUT2D eigenvalue weighted by Crippen LogP contribution is -2.20. The van der Waals surface area contributed by atoms with E-state index in [-0.39, 0.29) is 6.04 Å². The first kappa shape index (κ1) is 14.2. The second-order valence-corrected chi connectivity index (χ2v) is 5.23. The highest BCUT2D eigenvalue weighted by molar-refractivity contribution is 9.10. The Morgan fingerprint density at radius 2 is 2.11 bits per heavy atom. The smallest absolute Gasteiger partial charge is 0.248 e. The maximum absolute atomic E-state index is 5.81. The van der Waals surface area contributed by atoms with E-state index in [0.717, 1.165) is 28.6 Å². The van der Waals surface area contributed by atoms with Crippen LogP contribution in [0.15, 0.2) is 27.1 Å². The number of rotatable bonds is 5. The molecule has 0 fully saturated rings. The summed E-state index contributed by atoms with van der Waals surface area (Å²) in [5.74, 6) is 1.23. The maximum atomic E-state index is 5.81. The maximum Gasteiger partial charge on any atom is 0.248 e. The van der Waals surface area contributed by atoms with Gasteiger partial charge < -0.3 is 9.73 Å². The number of nitrogens with one attached hydrogen (secondary N) is 1. The topological polar surface area (TPSA) is 51.0 Å². The van der Waals surface area contributed by atoms with Crippen LogP contribution in [0.5, 0.6) is 0 Å². The van der Waals surface area contributed by atoms with Crippen LogP contribution < -0.4 is 5.32 Å². The van der Waals surface area contributed by atoms with Crippen molar-refractivity contribution in [2.24, 2.45) is 0 Å². The van der Waals surface area contributed by atoms with Gasteiger partial charge in [-0.05, 0) is 37.6 Å². The highest BCUT2D eigenvalue weighted by Gasteiger charge is 2.17. The van der Waals surface area contributed by atoms with Crippen molar-refractivity contribution in [2.75, 3.05) is 6.54 Å². The molecule has 0 aliphatic carbocycles. The van der Waals surface area contributed by atoms with Crippen LogP contribution in [0.2, 0.25) is 0 Å². The van der Waals surface area contributed by atoms with Crippen molar-refractivity contribution in [3.05, 3.63) is 34.1 Å². The number of nitrogens with zero attached hydrogens (tertiary/aromatic N) is 2. The molecule has 0 radical (unpaired) electrons. The Kier molecular flexibility index (Phi) is 4.71. The molecular formula is C14H18BrN3O. The summed E-state index contributed by atoms with van der Waals surface area (Å²) in [6, 6.07) is 6.09. The average molecular weight is 324 g/mol. The second-order valence-electron chi connectivity index (χ2n) is 4.38. The molecule has 19 heavy (non-hydrogen) atoms. The predicted octanol–water partition coefficient (Wildman–Crippen LogP) is 3.87.